The van der Waals surface area contributed by atoms with Crippen LogP contribution in [0.1, 0.15) is 12.5 Å². The Balaban J connectivity index is 2.38. The molecule has 0 radical (unpaired) electrons. The third-order valence-electron chi connectivity index (χ3n) is 2.49. The van der Waals surface area contributed by atoms with Gasteiger partial charge in [0.15, 0.2) is 0 Å². The summed E-state index contributed by atoms with van der Waals surface area (Å²) < 4.78 is 5.44. The standard InChI is InChI=1S/C14H11ClN2O3/c1-9(20-12-7-11(15)16-8-17-12)13(14(18)19)10-5-3-2-4-6-10/h2-8H,1H3,(H,18,19). The van der Waals surface area contributed by atoms with E-state index in [1.165, 1.54) is 12.4 Å². The number of nitrogens with zero attached hydrogens (tertiary/aromatic N) is 2. The zero-order chi connectivity index (χ0) is 14.5. The number of benzene rings is 1. The average molecular weight is 291 g/mol. The van der Waals surface area contributed by atoms with E-state index in [-0.39, 0.29) is 22.4 Å². The molecule has 1 N–H and O–H groups in total. The lowest BCUT2D eigenvalue weighted by atomic mass is 10.1. The Morgan fingerprint density at radius 2 is 1.95 bits per heavy atom. The summed E-state index contributed by atoms with van der Waals surface area (Å²) in [4.78, 5) is 19.0. The number of aliphatic carboxylic acids is 1. The van der Waals surface area contributed by atoms with Gasteiger partial charge in [-0.05, 0) is 12.5 Å². The van der Waals surface area contributed by atoms with Crippen molar-refractivity contribution >= 4 is 23.1 Å². The van der Waals surface area contributed by atoms with Gasteiger partial charge in [-0.15, -0.1) is 0 Å². The molecule has 0 unspecified atom stereocenters. The molecule has 0 atom stereocenters. The molecule has 102 valence electrons. The number of rotatable bonds is 4. The van der Waals surface area contributed by atoms with Gasteiger partial charge in [-0.25, -0.2) is 14.8 Å². The quantitative estimate of drug-likeness (QED) is 0.532. The van der Waals surface area contributed by atoms with Crippen LogP contribution in [0.25, 0.3) is 5.57 Å². The Bertz CT molecular complexity index is 656. The predicted molar refractivity (Wildman–Crippen MR) is 74.3 cm³/mol. The van der Waals surface area contributed by atoms with E-state index in [0.29, 0.717) is 5.56 Å². The molecule has 0 saturated heterocycles. The summed E-state index contributed by atoms with van der Waals surface area (Å²) >= 11 is 5.72. The highest BCUT2D eigenvalue weighted by Crippen LogP contribution is 2.22. The van der Waals surface area contributed by atoms with Gasteiger partial charge < -0.3 is 9.84 Å². The highest BCUT2D eigenvalue weighted by molar-refractivity contribution is 6.29. The van der Waals surface area contributed by atoms with Gasteiger partial charge in [0, 0.05) is 6.07 Å². The summed E-state index contributed by atoms with van der Waals surface area (Å²) in [6.07, 6.45) is 1.24. The van der Waals surface area contributed by atoms with Crippen LogP contribution in [0.15, 0.2) is 48.5 Å². The Labute approximate surface area is 120 Å². The van der Waals surface area contributed by atoms with Crippen LogP contribution in [-0.4, -0.2) is 21.0 Å². The summed E-state index contributed by atoms with van der Waals surface area (Å²) in [5, 5.41) is 9.55. The van der Waals surface area contributed by atoms with Gasteiger partial charge in [-0.2, -0.15) is 0 Å². The normalized spacial score (nSPS) is 11.7. The van der Waals surface area contributed by atoms with Crippen molar-refractivity contribution in [2.24, 2.45) is 0 Å². The van der Waals surface area contributed by atoms with Crippen molar-refractivity contribution in [2.75, 3.05) is 0 Å². The fourth-order valence-electron chi connectivity index (χ4n) is 1.66. The minimum absolute atomic E-state index is 0.0698. The van der Waals surface area contributed by atoms with Crippen LogP contribution >= 0.6 is 11.6 Å². The van der Waals surface area contributed by atoms with Gasteiger partial charge in [0.05, 0.1) is 0 Å². The van der Waals surface area contributed by atoms with Gasteiger partial charge in [0.1, 0.15) is 22.8 Å². The summed E-state index contributed by atoms with van der Waals surface area (Å²) in [7, 11) is 0. The van der Waals surface area contributed by atoms with Crippen LogP contribution in [0.5, 0.6) is 5.88 Å². The molecule has 1 aromatic heterocycles. The number of carbonyl (C=O) groups is 1. The topological polar surface area (TPSA) is 72.3 Å². The van der Waals surface area contributed by atoms with Crippen molar-refractivity contribution in [1.82, 2.24) is 9.97 Å². The van der Waals surface area contributed by atoms with Crippen LogP contribution in [0, 0.1) is 0 Å². The fourth-order valence-corrected chi connectivity index (χ4v) is 1.80. The number of allylic oxidation sites excluding steroid dienone is 1. The number of hydrogen-bond acceptors (Lipinski definition) is 4. The van der Waals surface area contributed by atoms with E-state index in [1.54, 1.807) is 31.2 Å². The molecule has 2 rings (SSSR count). The lowest BCUT2D eigenvalue weighted by molar-refractivity contribution is -0.130. The zero-order valence-electron chi connectivity index (χ0n) is 10.6. The van der Waals surface area contributed by atoms with Crippen LogP contribution in [0.2, 0.25) is 5.15 Å². The number of hydrogen-bond donors (Lipinski definition) is 1. The largest absolute Gasteiger partial charge is 0.478 e. The van der Waals surface area contributed by atoms with Crippen LogP contribution in [0.3, 0.4) is 0 Å². The minimum Gasteiger partial charge on any atom is -0.478 e. The number of carboxylic acid groups (broad SMARTS) is 1. The molecule has 0 aliphatic heterocycles. The van der Waals surface area contributed by atoms with Gasteiger partial charge in [-0.1, -0.05) is 41.9 Å². The second-order valence-corrected chi connectivity index (χ2v) is 4.27. The van der Waals surface area contributed by atoms with E-state index < -0.39 is 5.97 Å². The Morgan fingerprint density at radius 1 is 1.25 bits per heavy atom. The Hall–Kier alpha value is -2.40. The van der Waals surface area contributed by atoms with E-state index in [4.69, 9.17) is 16.3 Å². The Kier molecular flexibility index (Phi) is 4.32. The van der Waals surface area contributed by atoms with Gasteiger partial charge in [-0.3, -0.25) is 0 Å². The lowest BCUT2D eigenvalue weighted by Gasteiger charge is -2.09. The van der Waals surface area contributed by atoms with Crippen LogP contribution in [-0.2, 0) is 4.79 Å². The molecule has 0 amide bonds. The first-order valence-electron chi connectivity index (χ1n) is 5.73. The second kappa shape index (κ2) is 6.16. The summed E-state index contributed by atoms with van der Waals surface area (Å²) in [6.45, 7) is 1.56. The summed E-state index contributed by atoms with van der Waals surface area (Å²) in [5.74, 6) is -0.662. The maximum absolute atomic E-state index is 11.4. The van der Waals surface area contributed by atoms with Gasteiger partial charge in [0.2, 0.25) is 5.88 Å². The summed E-state index contributed by atoms with van der Waals surface area (Å²) in [6, 6.07) is 10.1. The average Bonchev–Trinajstić information content (AvgIpc) is 2.39. The molecule has 5 nitrogen and oxygen atoms in total. The molecule has 6 heteroatoms. The molecule has 2 aromatic rings. The maximum Gasteiger partial charge on any atom is 0.339 e. The van der Waals surface area contributed by atoms with Crippen molar-refractivity contribution in [3.8, 4) is 5.88 Å². The molecule has 1 aromatic carbocycles. The van der Waals surface area contributed by atoms with E-state index in [2.05, 4.69) is 9.97 Å². The summed E-state index contributed by atoms with van der Waals surface area (Å²) in [5.41, 5.74) is 0.623. The number of aromatic nitrogens is 2. The number of ether oxygens (including phenoxy) is 1. The molecule has 1 heterocycles. The lowest BCUT2D eigenvalue weighted by Crippen LogP contribution is -2.06. The third kappa shape index (κ3) is 3.33. The first-order chi connectivity index (χ1) is 9.58. The molecule has 0 spiro atoms. The van der Waals surface area contributed by atoms with E-state index in [1.807, 2.05) is 6.07 Å². The molecular formula is C14H11ClN2O3. The van der Waals surface area contributed by atoms with Gasteiger partial charge >= 0.3 is 5.97 Å². The highest BCUT2D eigenvalue weighted by atomic mass is 35.5. The molecular weight excluding hydrogens is 280 g/mol. The molecule has 0 saturated carbocycles. The molecule has 0 fully saturated rings. The van der Waals surface area contributed by atoms with Gasteiger partial charge in [0.25, 0.3) is 0 Å². The fraction of sp³-hybridized carbons (Fsp3) is 0.0714. The number of halogens is 1. The van der Waals surface area contributed by atoms with Crippen molar-refractivity contribution in [3.05, 3.63) is 59.2 Å². The van der Waals surface area contributed by atoms with Crippen LogP contribution < -0.4 is 4.74 Å². The third-order valence-corrected chi connectivity index (χ3v) is 2.70. The smallest absolute Gasteiger partial charge is 0.339 e. The molecule has 20 heavy (non-hydrogen) atoms. The second-order valence-electron chi connectivity index (χ2n) is 3.88. The highest BCUT2D eigenvalue weighted by Gasteiger charge is 2.16. The molecule has 0 aliphatic carbocycles. The van der Waals surface area contributed by atoms with Crippen molar-refractivity contribution in [3.63, 3.8) is 0 Å². The molecule has 0 bridgehead atoms. The predicted octanol–water partition coefficient (Wildman–Crippen LogP) is 3.02. The van der Waals surface area contributed by atoms with Crippen LogP contribution in [0.4, 0.5) is 0 Å². The number of carboxylic acids is 1. The monoisotopic (exact) mass is 290 g/mol. The Morgan fingerprint density at radius 3 is 2.55 bits per heavy atom. The first-order valence-corrected chi connectivity index (χ1v) is 6.10. The minimum atomic E-state index is -1.08. The first kappa shape index (κ1) is 14.0. The van der Waals surface area contributed by atoms with Crippen molar-refractivity contribution in [2.45, 2.75) is 6.92 Å². The molecule has 0 aliphatic rings. The SMILES string of the molecule is CC(Oc1cc(Cl)ncn1)=C(C(=O)O)c1ccccc1. The van der Waals surface area contributed by atoms with E-state index in [0.717, 1.165) is 0 Å². The van der Waals surface area contributed by atoms with E-state index >= 15 is 0 Å². The zero-order valence-corrected chi connectivity index (χ0v) is 11.3. The van der Waals surface area contributed by atoms with Crippen molar-refractivity contribution < 1.29 is 14.6 Å². The van der Waals surface area contributed by atoms with Crippen molar-refractivity contribution in [1.29, 1.82) is 0 Å². The van der Waals surface area contributed by atoms with E-state index in [9.17, 15) is 9.90 Å². The maximum atomic E-state index is 11.4.